The minimum absolute atomic E-state index is 0. The van der Waals surface area contributed by atoms with Gasteiger partial charge < -0.3 is 0 Å². The van der Waals surface area contributed by atoms with Crippen LogP contribution < -0.4 is 0 Å². The van der Waals surface area contributed by atoms with Gasteiger partial charge in [-0.25, -0.2) is 0 Å². The van der Waals surface area contributed by atoms with E-state index in [1.807, 2.05) is 13.8 Å². The molecular weight excluding hydrogens is 280 g/mol. The molecular formula is C17H27SiTi. The Labute approximate surface area is 129 Å². The zero-order valence-electron chi connectivity index (χ0n) is 12.0. The Kier molecular flexibility index (Phi) is 8.24. The Balaban J connectivity index is 0.000000404. The second kappa shape index (κ2) is 8.52. The zero-order chi connectivity index (χ0) is 13.7. The summed E-state index contributed by atoms with van der Waals surface area (Å²) in [5, 5.41) is 4.88. The SMILES string of the molecule is C=C(C)C(=C)C.[CH3][Ti]([CH3])[CH]1C=Cc2ccccc21.[SiH4]. The Morgan fingerprint density at radius 2 is 1.58 bits per heavy atom. The zero-order valence-corrected chi connectivity index (χ0v) is 13.5. The third-order valence-corrected chi connectivity index (χ3v) is 5.88. The summed E-state index contributed by atoms with van der Waals surface area (Å²) in [5.41, 5.74) is 5.14. The van der Waals surface area contributed by atoms with Crippen molar-refractivity contribution in [3.63, 3.8) is 0 Å². The van der Waals surface area contributed by atoms with E-state index in [0.717, 1.165) is 15.4 Å². The van der Waals surface area contributed by atoms with Gasteiger partial charge in [-0.3, -0.25) is 0 Å². The summed E-state index contributed by atoms with van der Waals surface area (Å²) in [5.74, 6) is 0. The summed E-state index contributed by atoms with van der Waals surface area (Å²) in [6.07, 6.45) is 4.67. The minimum atomic E-state index is -0.799. The van der Waals surface area contributed by atoms with Crippen LogP contribution in [0.5, 0.6) is 0 Å². The summed E-state index contributed by atoms with van der Waals surface area (Å²) in [6, 6.07) is 8.77. The number of hydrogen-bond acceptors (Lipinski definition) is 0. The van der Waals surface area contributed by atoms with Crippen LogP contribution >= 0.6 is 0 Å². The van der Waals surface area contributed by atoms with E-state index in [1.54, 1.807) is 5.56 Å². The van der Waals surface area contributed by atoms with Gasteiger partial charge in [-0.15, -0.1) is 0 Å². The van der Waals surface area contributed by atoms with Crippen LogP contribution in [0.15, 0.2) is 54.6 Å². The quantitative estimate of drug-likeness (QED) is 0.568. The van der Waals surface area contributed by atoms with Gasteiger partial charge >= 0.3 is 80.1 Å². The summed E-state index contributed by atoms with van der Waals surface area (Å²) >= 11 is -0.799. The van der Waals surface area contributed by atoms with E-state index in [9.17, 15) is 0 Å². The minimum Gasteiger partial charge on any atom is -0.0149 e. The molecule has 2 heteroatoms. The molecule has 1 aromatic rings. The number of allylic oxidation sites excluding steroid dienone is 3. The molecule has 1 aliphatic rings. The fourth-order valence-corrected chi connectivity index (χ4v) is 3.89. The van der Waals surface area contributed by atoms with Gasteiger partial charge in [0.15, 0.2) is 0 Å². The average molecular weight is 307 g/mol. The van der Waals surface area contributed by atoms with Crippen molar-refractivity contribution in [3.8, 4) is 0 Å². The van der Waals surface area contributed by atoms with Gasteiger partial charge in [-0.2, -0.15) is 0 Å². The predicted octanol–water partition coefficient (Wildman–Crippen LogP) is 4.16. The van der Waals surface area contributed by atoms with Gasteiger partial charge in [0.25, 0.3) is 0 Å². The van der Waals surface area contributed by atoms with Crippen LogP contribution in [0.2, 0.25) is 10.5 Å². The number of benzene rings is 1. The monoisotopic (exact) mass is 307 g/mol. The maximum absolute atomic E-state index is 3.66. The second-order valence-corrected chi connectivity index (χ2v) is 9.44. The molecule has 0 aliphatic heterocycles. The van der Waals surface area contributed by atoms with Crippen molar-refractivity contribution in [3.05, 3.63) is 65.8 Å². The molecule has 0 nitrogen and oxygen atoms in total. The Morgan fingerprint density at radius 1 is 1.05 bits per heavy atom. The maximum Gasteiger partial charge on any atom is -0.0149 e. The molecule has 1 aliphatic carbocycles. The van der Waals surface area contributed by atoms with Crippen molar-refractivity contribution >= 4 is 17.0 Å². The molecule has 0 saturated carbocycles. The van der Waals surface area contributed by atoms with E-state index in [4.69, 9.17) is 0 Å². The Bertz CT molecular complexity index is 460. The predicted molar refractivity (Wildman–Crippen MR) is 90.9 cm³/mol. The van der Waals surface area contributed by atoms with E-state index in [-0.39, 0.29) is 11.0 Å². The normalized spacial score (nSPS) is 14.6. The average Bonchev–Trinajstić information content (AvgIpc) is 2.73. The number of rotatable bonds is 2. The topological polar surface area (TPSA) is 0 Å². The first-order valence-electron chi connectivity index (χ1n) is 6.32. The molecule has 0 N–H and O–H groups in total. The molecule has 1 aromatic carbocycles. The summed E-state index contributed by atoms with van der Waals surface area (Å²) in [4.78, 5) is 0. The largest absolute Gasteiger partial charge is 0.0149 e. The van der Waals surface area contributed by atoms with E-state index in [1.165, 1.54) is 5.56 Å². The second-order valence-electron chi connectivity index (χ2n) is 5.10. The Morgan fingerprint density at radius 3 is 2.05 bits per heavy atom. The molecule has 1 unspecified atom stereocenters. The van der Waals surface area contributed by atoms with Crippen LogP contribution in [-0.4, -0.2) is 11.0 Å². The third-order valence-electron chi connectivity index (χ3n) is 3.15. The molecule has 103 valence electrons. The van der Waals surface area contributed by atoms with Crippen molar-refractivity contribution in [2.75, 3.05) is 0 Å². The van der Waals surface area contributed by atoms with Crippen LogP contribution in [-0.2, 0) is 17.9 Å². The molecule has 19 heavy (non-hydrogen) atoms. The molecule has 0 radical (unpaired) electrons. The first-order chi connectivity index (χ1) is 8.43. The summed E-state index contributed by atoms with van der Waals surface area (Å²) in [6.45, 7) is 11.2. The number of fused-ring (bicyclic) bond motifs is 1. The van der Waals surface area contributed by atoms with Crippen LogP contribution in [0.3, 0.4) is 0 Å². The van der Waals surface area contributed by atoms with Crippen LogP contribution in [0.4, 0.5) is 0 Å². The molecule has 2 rings (SSSR count). The van der Waals surface area contributed by atoms with Crippen molar-refractivity contribution in [2.24, 2.45) is 0 Å². The van der Waals surface area contributed by atoms with E-state index in [2.05, 4.69) is 60.0 Å². The molecule has 0 amide bonds. The molecule has 0 saturated heterocycles. The van der Waals surface area contributed by atoms with Crippen molar-refractivity contribution < 1.29 is 17.9 Å². The molecule has 0 aromatic heterocycles. The summed E-state index contributed by atoms with van der Waals surface area (Å²) in [7, 11) is 0. The van der Waals surface area contributed by atoms with E-state index >= 15 is 0 Å². The first-order valence-corrected chi connectivity index (χ1v) is 10.3. The fourth-order valence-electron chi connectivity index (χ4n) is 1.75. The van der Waals surface area contributed by atoms with Gasteiger partial charge in [0.1, 0.15) is 0 Å². The van der Waals surface area contributed by atoms with Crippen molar-refractivity contribution in [2.45, 2.75) is 28.5 Å². The third kappa shape index (κ3) is 5.48. The Hall–Kier alpha value is -0.629. The van der Waals surface area contributed by atoms with Gasteiger partial charge in [0.05, 0.1) is 0 Å². The number of hydrogen-bond donors (Lipinski definition) is 0. The van der Waals surface area contributed by atoms with E-state index < -0.39 is 17.9 Å². The molecule has 0 spiro atoms. The standard InChI is InChI=1S/C9H7.C6H10.2CH3.H4Si.Ti/c1-2-5-9-7-3-6-8(9)4-1;1-5(2)6(3)4;;;;/h1-7H;1,3H2,2,4H3;2*1H3;1H4;. The van der Waals surface area contributed by atoms with Crippen LogP contribution in [0, 0.1) is 0 Å². The van der Waals surface area contributed by atoms with Gasteiger partial charge in [0.2, 0.25) is 0 Å². The molecule has 1 atom stereocenters. The van der Waals surface area contributed by atoms with Crippen molar-refractivity contribution in [1.29, 1.82) is 0 Å². The smallest absolute Gasteiger partial charge is 0.0149 e. The van der Waals surface area contributed by atoms with Gasteiger partial charge in [-0.05, 0) is 24.8 Å². The van der Waals surface area contributed by atoms with Crippen LogP contribution in [0.1, 0.15) is 29.2 Å². The van der Waals surface area contributed by atoms with Crippen LogP contribution in [0.25, 0.3) is 6.08 Å². The maximum atomic E-state index is 3.66. The van der Waals surface area contributed by atoms with E-state index in [0.29, 0.717) is 0 Å². The van der Waals surface area contributed by atoms with Gasteiger partial charge in [-0.1, -0.05) is 24.3 Å². The first kappa shape index (κ1) is 18.4. The fraction of sp³-hybridized carbons (Fsp3) is 0.294. The molecule has 0 heterocycles. The van der Waals surface area contributed by atoms with Gasteiger partial charge in [0, 0.05) is 0 Å². The molecule has 0 bridgehead atoms. The molecule has 0 fully saturated rings. The van der Waals surface area contributed by atoms with Crippen molar-refractivity contribution in [1.82, 2.24) is 0 Å². The summed E-state index contributed by atoms with van der Waals surface area (Å²) < 4.78 is 0.807.